The number of nitrogens with zero attached hydrogens (tertiary/aromatic N) is 1. The molecule has 0 saturated carbocycles. The highest BCUT2D eigenvalue weighted by Gasteiger charge is 2.40. The van der Waals surface area contributed by atoms with Crippen LogP contribution in [-0.4, -0.2) is 48.8 Å². The van der Waals surface area contributed by atoms with Gasteiger partial charge in [-0.1, -0.05) is 0 Å². The summed E-state index contributed by atoms with van der Waals surface area (Å²) in [6.45, 7) is 1.81. The van der Waals surface area contributed by atoms with Gasteiger partial charge in [-0.25, -0.2) is 13.2 Å². The van der Waals surface area contributed by atoms with Gasteiger partial charge < -0.3 is 19.7 Å². The van der Waals surface area contributed by atoms with Crippen molar-refractivity contribution >= 4 is 17.5 Å². The van der Waals surface area contributed by atoms with Crippen LogP contribution in [0.3, 0.4) is 0 Å². The Kier molecular flexibility index (Phi) is 4.96. The van der Waals surface area contributed by atoms with Crippen LogP contribution in [0.4, 0.5) is 18.9 Å². The maximum Gasteiger partial charge on any atom is 0.233 e. The lowest BCUT2D eigenvalue weighted by molar-refractivity contribution is -0.187. The third-order valence-electron chi connectivity index (χ3n) is 4.31. The third-order valence-corrected chi connectivity index (χ3v) is 4.31. The molecule has 136 valence electrons. The Morgan fingerprint density at radius 1 is 1.08 bits per heavy atom. The Morgan fingerprint density at radius 2 is 1.72 bits per heavy atom. The molecule has 2 aliphatic rings. The van der Waals surface area contributed by atoms with Crippen LogP contribution in [0.25, 0.3) is 0 Å². The first-order valence-corrected chi connectivity index (χ1v) is 7.89. The first kappa shape index (κ1) is 17.7. The summed E-state index contributed by atoms with van der Waals surface area (Å²) in [5.74, 6) is -6.41. The van der Waals surface area contributed by atoms with Crippen molar-refractivity contribution in [3.63, 3.8) is 0 Å². The molecule has 2 amide bonds. The van der Waals surface area contributed by atoms with Gasteiger partial charge in [0.25, 0.3) is 0 Å². The number of halogens is 3. The minimum absolute atomic E-state index is 0.381. The first-order valence-electron chi connectivity index (χ1n) is 7.89. The molecule has 1 N–H and O–H groups in total. The number of carbonyl (C=O) groups excluding carboxylic acids is 2. The van der Waals surface area contributed by atoms with E-state index in [0.29, 0.717) is 45.2 Å². The average molecular weight is 358 g/mol. The molecule has 9 heteroatoms. The number of amides is 2. The zero-order valence-corrected chi connectivity index (χ0v) is 13.3. The van der Waals surface area contributed by atoms with Crippen molar-refractivity contribution in [2.24, 2.45) is 0 Å². The molecule has 3 rings (SSSR count). The molecular weight excluding hydrogens is 341 g/mol. The van der Waals surface area contributed by atoms with Crippen LogP contribution in [0.2, 0.25) is 0 Å². The monoisotopic (exact) mass is 358 g/mol. The van der Waals surface area contributed by atoms with Crippen LogP contribution in [0, 0.1) is 17.5 Å². The molecule has 1 spiro atoms. The number of hydrogen-bond acceptors (Lipinski definition) is 4. The van der Waals surface area contributed by atoms with E-state index in [0.717, 1.165) is 6.07 Å². The van der Waals surface area contributed by atoms with Gasteiger partial charge in [0.1, 0.15) is 6.42 Å². The number of hydrogen-bond donors (Lipinski definition) is 1. The summed E-state index contributed by atoms with van der Waals surface area (Å²) in [5, 5.41) is 2.08. The first-order chi connectivity index (χ1) is 11.9. The van der Waals surface area contributed by atoms with E-state index in [2.05, 4.69) is 5.32 Å². The molecule has 0 aliphatic carbocycles. The molecular formula is C16H17F3N2O4. The van der Waals surface area contributed by atoms with Crippen LogP contribution in [-0.2, 0) is 19.1 Å². The molecule has 2 fully saturated rings. The molecule has 1 aromatic rings. The summed E-state index contributed by atoms with van der Waals surface area (Å²) < 4.78 is 50.7. The molecule has 0 aromatic heterocycles. The summed E-state index contributed by atoms with van der Waals surface area (Å²) in [6, 6.07) is 1.59. The number of rotatable bonds is 3. The van der Waals surface area contributed by atoms with Gasteiger partial charge in [-0.3, -0.25) is 9.59 Å². The van der Waals surface area contributed by atoms with Crippen molar-refractivity contribution in [3.8, 4) is 0 Å². The lowest BCUT2D eigenvalue weighted by atomic mass is 10.0. The van der Waals surface area contributed by atoms with Gasteiger partial charge in [-0.05, 0) is 12.1 Å². The van der Waals surface area contributed by atoms with Crippen molar-refractivity contribution in [3.05, 3.63) is 29.6 Å². The molecule has 0 atom stereocenters. The van der Waals surface area contributed by atoms with Crippen LogP contribution >= 0.6 is 0 Å². The lowest BCUT2D eigenvalue weighted by Crippen LogP contribution is -2.47. The number of ether oxygens (including phenoxy) is 2. The minimum Gasteiger partial charge on any atom is -0.347 e. The summed E-state index contributed by atoms with van der Waals surface area (Å²) in [6.07, 6.45) is 0.503. The standard InChI is InChI=1S/C16H17F3N2O4/c17-10-1-2-11(15(19)14(10)18)20-12(22)9-13(23)21-5-3-16(4-6-21)24-7-8-25-16/h1-2H,3-9H2,(H,20,22). The average Bonchev–Trinajstić information content (AvgIpc) is 3.04. The van der Waals surface area contributed by atoms with Gasteiger partial charge >= 0.3 is 0 Å². The quantitative estimate of drug-likeness (QED) is 0.661. The van der Waals surface area contributed by atoms with Gasteiger partial charge in [-0.2, -0.15) is 0 Å². The molecule has 0 unspecified atom stereocenters. The predicted molar refractivity (Wildman–Crippen MR) is 80.0 cm³/mol. The molecule has 2 heterocycles. The Morgan fingerprint density at radius 3 is 2.36 bits per heavy atom. The molecule has 2 aliphatic heterocycles. The Bertz CT molecular complexity index is 682. The van der Waals surface area contributed by atoms with E-state index in [1.54, 1.807) is 0 Å². The van der Waals surface area contributed by atoms with E-state index in [-0.39, 0.29) is 0 Å². The molecule has 2 saturated heterocycles. The number of piperidine rings is 1. The number of anilines is 1. The Labute approximate surface area is 141 Å². The zero-order chi connectivity index (χ0) is 18.0. The highest BCUT2D eigenvalue weighted by molar-refractivity contribution is 6.03. The fraction of sp³-hybridized carbons (Fsp3) is 0.500. The van der Waals surface area contributed by atoms with Crippen molar-refractivity contribution in [1.82, 2.24) is 4.90 Å². The van der Waals surface area contributed by atoms with Crippen LogP contribution in [0.1, 0.15) is 19.3 Å². The van der Waals surface area contributed by atoms with Gasteiger partial charge in [0, 0.05) is 25.9 Å². The second-order valence-electron chi connectivity index (χ2n) is 5.94. The van der Waals surface area contributed by atoms with Gasteiger partial charge in [0.2, 0.25) is 11.8 Å². The molecule has 1 aromatic carbocycles. The van der Waals surface area contributed by atoms with Crippen molar-refractivity contribution < 1.29 is 32.2 Å². The largest absolute Gasteiger partial charge is 0.347 e. The number of likely N-dealkylation sites (tertiary alicyclic amines) is 1. The number of carbonyl (C=O) groups is 2. The molecule has 25 heavy (non-hydrogen) atoms. The molecule has 0 bridgehead atoms. The van der Waals surface area contributed by atoms with Crippen molar-refractivity contribution in [2.75, 3.05) is 31.6 Å². The van der Waals surface area contributed by atoms with Crippen LogP contribution in [0.5, 0.6) is 0 Å². The smallest absolute Gasteiger partial charge is 0.233 e. The van der Waals surface area contributed by atoms with E-state index < -0.39 is 47.2 Å². The topological polar surface area (TPSA) is 67.9 Å². The molecule has 6 nitrogen and oxygen atoms in total. The summed E-state index contributed by atoms with van der Waals surface area (Å²) >= 11 is 0. The number of benzene rings is 1. The highest BCUT2D eigenvalue weighted by Crippen LogP contribution is 2.31. The highest BCUT2D eigenvalue weighted by atomic mass is 19.2. The Hall–Kier alpha value is -2.13. The van der Waals surface area contributed by atoms with Crippen molar-refractivity contribution in [2.45, 2.75) is 25.0 Å². The maximum atomic E-state index is 13.5. The second kappa shape index (κ2) is 7.01. The van der Waals surface area contributed by atoms with Crippen LogP contribution in [0.15, 0.2) is 12.1 Å². The van der Waals surface area contributed by atoms with Crippen molar-refractivity contribution in [1.29, 1.82) is 0 Å². The zero-order valence-electron chi connectivity index (χ0n) is 13.3. The van der Waals surface area contributed by atoms with E-state index in [4.69, 9.17) is 9.47 Å². The fourth-order valence-electron chi connectivity index (χ4n) is 2.95. The molecule has 0 radical (unpaired) electrons. The SMILES string of the molecule is O=C(CC(=O)N1CCC2(CC1)OCCO2)Nc1ccc(F)c(F)c1F. The maximum absolute atomic E-state index is 13.5. The minimum atomic E-state index is -1.68. The third kappa shape index (κ3) is 3.77. The van der Waals surface area contributed by atoms with Gasteiger partial charge in [0.15, 0.2) is 23.2 Å². The number of nitrogens with one attached hydrogen (secondary N) is 1. The predicted octanol–water partition coefficient (Wildman–Crippen LogP) is 1.80. The van der Waals surface area contributed by atoms with Gasteiger partial charge in [-0.15, -0.1) is 0 Å². The van der Waals surface area contributed by atoms with E-state index >= 15 is 0 Å². The summed E-state index contributed by atoms with van der Waals surface area (Å²) in [4.78, 5) is 25.5. The second-order valence-corrected chi connectivity index (χ2v) is 5.94. The van der Waals surface area contributed by atoms with E-state index in [1.807, 2.05) is 0 Å². The van der Waals surface area contributed by atoms with E-state index in [1.165, 1.54) is 4.90 Å². The van der Waals surface area contributed by atoms with Gasteiger partial charge in [0.05, 0.1) is 18.9 Å². The summed E-state index contributed by atoms with van der Waals surface area (Å²) in [7, 11) is 0. The van der Waals surface area contributed by atoms with E-state index in [9.17, 15) is 22.8 Å². The summed E-state index contributed by atoms with van der Waals surface area (Å²) in [5.41, 5.74) is -0.512. The fourth-order valence-corrected chi connectivity index (χ4v) is 2.95. The lowest BCUT2D eigenvalue weighted by Gasteiger charge is -2.37. The Balaban J connectivity index is 1.53. The normalized spacial score (nSPS) is 19.2. The van der Waals surface area contributed by atoms with Crippen LogP contribution < -0.4 is 5.32 Å².